The maximum atomic E-state index is 13.6. The van der Waals surface area contributed by atoms with E-state index in [1.807, 2.05) is 6.07 Å². The van der Waals surface area contributed by atoms with Gasteiger partial charge in [0.25, 0.3) is 0 Å². The molecule has 1 unspecified atom stereocenters. The van der Waals surface area contributed by atoms with Crippen LogP contribution in [0.4, 0.5) is 5.82 Å². The van der Waals surface area contributed by atoms with E-state index in [1.54, 1.807) is 62.8 Å². The van der Waals surface area contributed by atoms with Crippen LogP contribution < -0.4 is 15.3 Å². The molecule has 1 aromatic carbocycles. The van der Waals surface area contributed by atoms with Gasteiger partial charge in [-0.3, -0.25) is 9.36 Å². The average molecular weight is 593 g/mol. The van der Waals surface area contributed by atoms with Gasteiger partial charge in [-0.25, -0.2) is 29.3 Å². The second-order valence-corrected chi connectivity index (χ2v) is 10.9. The number of para-hydroxylation sites is 1. The van der Waals surface area contributed by atoms with E-state index in [4.69, 9.17) is 29.9 Å². The van der Waals surface area contributed by atoms with Gasteiger partial charge in [0.15, 0.2) is 5.65 Å². The summed E-state index contributed by atoms with van der Waals surface area (Å²) in [6, 6.07) is 7.82. The normalized spacial score (nSPS) is 14.1. The van der Waals surface area contributed by atoms with Crippen molar-refractivity contribution in [2.45, 2.75) is 52.5 Å². The van der Waals surface area contributed by atoms with Gasteiger partial charge >= 0.3 is 25.4 Å². The monoisotopic (exact) mass is 592 g/mol. The lowest BCUT2D eigenvalue weighted by Crippen LogP contribution is -2.37. The number of carbonyl (C=O) groups is 3. The molecule has 222 valence electrons. The maximum Gasteiger partial charge on any atom is 0.342 e. The van der Waals surface area contributed by atoms with Crippen LogP contribution in [0.2, 0.25) is 0 Å². The van der Waals surface area contributed by atoms with Crippen molar-refractivity contribution >= 4 is 42.3 Å². The Kier molecular flexibility index (Phi) is 12.4. The van der Waals surface area contributed by atoms with Crippen LogP contribution >= 0.6 is 7.52 Å². The smallest absolute Gasteiger partial charge is 0.342 e. The van der Waals surface area contributed by atoms with Crippen LogP contribution in [0.1, 0.15) is 27.7 Å². The first-order valence-electron chi connectivity index (χ1n) is 12.3. The molecular weight excluding hydrogens is 559 g/mol. The summed E-state index contributed by atoms with van der Waals surface area (Å²) in [4.78, 5) is 39.5. The summed E-state index contributed by atoms with van der Waals surface area (Å²) in [5.41, 5.74) is 6.43. The molecule has 0 aliphatic heterocycles. The highest BCUT2D eigenvalue weighted by Crippen LogP contribution is 2.44. The molecule has 3 aromatic rings. The van der Waals surface area contributed by atoms with E-state index in [1.165, 1.54) is 6.33 Å². The molecule has 0 bridgehead atoms. The van der Waals surface area contributed by atoms with Gasteiger partial charge in [-0.15, -0.1) is 0 Å². The van der Waals surface area contributed by atoms with Gasteiger partial charge in [-0.2, -0.15) is 5.10 Å². The standard InChI is InChI=1S/C21H29N6O5P.C4H4O4/c1-14(2)31-21(28)16(4)26-33(29,32-17-8-6-5-7-9-17)13-30-15(3)11-27-20-18(10-25-27)19(22)23-12-24-20;5-3(6)1-2-4(7)8/h5-10,12,14-16H,11,13H2,1-4H3,(H,26,29)(H2,22,23,24);1-2H,(H,5,6)(H,7,8)/b;2-1+/t15-,16+,33?;/m1./s1. The van der Waals surface area contributed by atoms with Crippen molar-refractivity contribution in [3.8, 4) is 5.75 Å². The van der Waals surface area contributed by atoms with Crippen molar-refractivity contribution in [1.82, 2.24) is 24.8 Å². The number of fused-ring (bicyclic) bond motifs is 1. The SMILES string of the molecule is CC(C)OC(=O)[C@H](C)NP(=O)(CO[C@H](C)Cn1ncc2c(N)ncnc21)Oc1ccccc1.O=C(O)/C=C/C(=O)O. The molecule has 5 N–H and O–H groups in total. The number of carboxylic acids is 2. The summed E-state index contributed by atoms with van der Waals surface area (Å²) >= 11 is 0. The van der Waals surface area contributed by atoms with E-state index in [-0.39, 0.29) is 12.5 Å². The van der Waals surface area contributed by atoms with Gasteiger partial charge in [0.1, 0.15) is 30.3 Å². The molecule has 0 amide bonds. The van der Waals surface area contributed by atoms with Crippen LogP contribution in [-0.2, 0) is 35.0 Å². The topological polar surface area (TPSA) is 218 Å². The van der Waals surface area contributed by atoms with Crippen LogP contribution in [0.15, 0.2) is 55.0 Å². The highest BCUT2D eigenvalue weighted by molar-refractivity contribution is 7.57. The van der Waals surface area contributed by atoms with E-state index < -0.39 is 37.6 Å². The van der Waals surface area contributed by atoms with Crippen molar-refractivity contribution in [2.75, 3.05) is 12.1 Å². The summed E-state index contributed by atoms with van der Waals surface area (Å²) in [5, 5.41) is 23.3. The van der Waals surface area contributed by atoms with Gasteiger partial charge in [-0.1, -0.05) is 18.2 Å². The molecule has 3 rings (SSSR count). The van der Waals surface area contributed by atoms with Crippen molar-refractivity contribution in [2.24, 2.45) is 0 Å². The zero-order chi connectivity index (χ0) is 30.6. The molecular formula is C25H33N6O9P. The van der Waals surface area contributed by atoms with Crippen LogP contribution in [0.25, 0.3) is 11.0 Å². The van der Waals surface area contributed by atoms with E-state index >= 15 is 0 Å². The molecule has 0 aliphatic rings. The van der Waals surface area contributed by atoms with Gasteiger partial charge < -0.3 is 29.9 Å². The van der Waals surface area contributed by atoms with E-state index in [2.05, 4.69) is 20.2 Å². The Morgan fingerprint density at radius 1 is 1.07 bits per heavy atom. The van der Waals surface area contributed by atoms with Crippen LogP contribution in [0, 0.1) is 0 Å². The number of benzene rings is 1. The van der Waals surface area contributed by atoms with Crippen LogP contribution in [0.5, 0.6) is 5.75 Å². The number of nitrogens with zero attached hydrogens (tertiary/aromatic N) is 4. The minimum Gasteiger partial charge on any atom is -0.478 e. The number of hydrogen-bond donors (Lipinski definition) is 4. The Hall–Kier alpha value is -4.33. The molecule has 0 saturated carbocycles. The summed E-state index contributed by atoms with van der Waals surface area (Å²) < 4.78 is 32.1. The number of anilines is 1. The molecule has 0 spiro atoms. The molecule has 0 aliphatic carbocycles. The molecule has 2 aromatic heterocycles. The first kappa shape index (κ1) is 32.9. The molecule has 0 radical (unpaired) electrons. The van der Waals surface area contributed by atoms with Gasteiger partial charge in [0.05, 0.1) is 30.3 Å². The number of aliphatic carboxylic acids is 2. The Bertz CT molecular complexity index is 1380. The fourth-order valence-corrected chi connectivity index (χ4v) is 4.92. The molecule has 15 nitrogen and oxygen atoms in total. The third-order valence-electron chi connectivity index (χ3n) is 4.88. The second-order valence-electron chi connectivity index (χ2n) is 8.85. The number of rotatable bonds is 13. The third-order valence-corrected chi connectivity index (χ3v) is 6.66. The van der Waals surface area contributed by atoms with Crippen LogP contribution in [0.3, 0.4) is 0 Å². The first-order chi connectivity index (χ1) is 19.3. The fraction of sp³-hybridized carbons (Fsp3) is 0.360. The number of ether oxygens (including phenoxy) is 2. The van der Waals surface area contributed by atoms with Crippen molar-refractivity contribution < 1.29 is 43.2 Å². The van der Waals surface area contributed by atoms with Gasteiger partial charge in [0, 0.05) is 12.2 Å². The zero-order valence-corrected chi connectivity index (χ0v) is 23.8. The molecule has 2 heterocycles. The Labute approximate surface area is 235 Å². The summed E-state index contributed by atoms with van der Waals surface area (Å²) in [7, 11) is -3.64. The number of nitrogens with one attached hydrogen (secondary N) is 1. The number of aromatic nitrogens is 4. The highest BCUT2D eigenvalue weighted by atomic mass is 31.2. The lowest BCUT2D eigenvalue weighted by Gasteiger charge is -2.25. The van der Waals surface area contributed by atoms with Gasteiger partial charge in [0.2, 0.25) is 0 Å². The minimum atomic E-state index is -3.64. The molecule has 3 atom stereocenters. The number of carboxylic acid groups (broad SMARTS) is 2. The maximum absolute atomic E-state index is 13.6. The predicted octanol–water partition coefficient (Wildman–Crippen LogP) is 2.68. The summed E-state index contributed by atoms with van der Waals surface area (Å²) in [6.45, 7) is 7.19. The van der Waals surface area contributed by atoms with E-state index in [0.29, 0.717) is 41.3 Å². The lowest BCUT2D eigenvalue weighted by molar-refractivity contribution is -0.149. The lowest BCUT2D eigenvalue weighted by atomic mass is 10.3. The highest BCUT2D eigenvalue weighted by Gasteiger charge is 2.32. The van der Waals surface area contributed by atoms with Gasteiger partial charge in [-0.05, 0) is 39.8 Å². The molecule has 0 saturated heterocycles. The van der Waals surface area contributed by atoms with Crippen molar-refractivity contribution in [1.29, 1.82) is 0 Å². The quantitative estimate of drug-likeness (QED) is 0.127. The van der Waals surface area contributed by atoms with Crippen molar-refractivity contribution in [3.63, 3.8) is 0 Å². The fourth-order valence-electron chi connectivity index (χ4n) is 3.13. The predicted molar refractivity (Wildman–Crippen MR) is 148 cm³/mol. The molecule has 41 heavy (non-hydrogen) atoms. The number of nitrogen functional groups attached to an aromatic ring is 1. The first-order valence-corrected chi connectivity index (χ1v) is 14.1. The average Bonchev–Trinajstić information content (AvgIpc) is 3.30. The Morgan fingerprint density at radius 2 is 1.71 bits per heavy atom. The van der Waals surface area contributed by atoms with E-state index in [0.717, 1.165) is 0 Å². The number of esters is 1. The molecule has 16 heteroatoms. The Morgan fingerprint density at radius 3 is 2.29 bits per heavy atom. The molecule has 0 fully saturated rings. The third kappa shape index (κ3) is 11.4. The largest absolute Gasteiger partial charge is 0.478 e. The van der Waals surface area contributed by atoms with Crippen LogP contribution in [-0.4, -0.2) is 72.5 Å². The summed E-state index contributed by atoms with van der Waals surface area (Å²) in [5.74, 6) is -2.32. The second kappa shape index (κ2) is 15.5. The van der Waals surface area contributed by atoms with Crippen molar-refractivity contribution in [3.05, 3.63) is 55.0 Å². The summed E-state index contributed by atoms with van der Waals surface area (Å²) in [6.07, 6.45) is 3.09. The van der Waals surface area contributed by atoms with E-state index in [9.17, 15) is 18.9 Å². The number of carbonyl (C=O) groups excluding carboxylic acids is 1. The Balaban J connectivity index is 0.000000642. The number of nitrogens with two attached hydrogens (primary N) is 1. The number of hydrogen-bond acceptors (Lipinski definition) is 11. The minimum absolute atomic E-state index is 0.279. The zero-order valence-electron chi connectivity index (χ0n) is 22.9.